The summed E-state index contributed by atoms with van der Waals surface area (Å²) in [5.74, 6) is -0.347. The molecule has 0 unspecified atom stereocenters. The zero-order chi connectivity index (χ0) is 21.3. The van der Waals surface area contributed by atoms with Crippen molar-refractivity contribution >= 4 is 27.5 Å². The maximum absolute atomic E-state index is 13.3. The summed E-state index contributed by atoms with van der Waals surface area (Å²) in [5.41, 5.74) is 5.70. The number of aryl methyl sites for hydroxylation is 2. The largest absolute Gasteiger partial charge is 0.462 e. The van der Waals surface area contributed by atoms with Crippen LogP contribution in [0.4, 0.5) is 0 Å². The molecule has 152 valence electrons. The van der Waals surface area contributed by atoms with Crippen molar-refractivity contribution in [3.63, 3.8) is 0 Å². The van der Waals surface area contributed by atoms with Crippen LogP contribution in [-0.2, 0) is 11.3 Å². The molecule has 0 saturated heterocycles. The molecule has 0 aliphatic carbocycles. The second-order valence-corrected chi connectivity index (χ2v) is 8.08. The first kappa shape index (κ1) is 20.0. The molecule has 0 spiro atoms. The number of hydrogen-bond donors (Lipinski definition) is 0. The van der Waals surface area contributed by atoms with Crippen molar-refractivity contribution in [1.82, 2.24) is 9.55 Å². The molecule has 2 heterocycles. The van der Waals surface area contributed by atoms with Gasteiger partial charge < -0.3 is 4.74 Å². The van der Waals surface area contributed by atoms with Crippen molar-refractivity contribution in [2.45, 2.75) is 27.3 Å². The number of fused-ring (bicyclic) bond motifs is 1. The van der Waals surface area contributed by atoms with E-state index in [9.17, 15) is 9.59 Å². The van der Waals surface area contributed by atoms with E-state index in [-0.39, 0.29) is 11.5 Å². The molecular weight excluding hydrogens is 396 g/mol. The van der Waals surface area contributed by atoms with E-state index in [4.69, 9.17) is 4.74 Å². The fourth-order valence-corrected chi connectivity index (χ4v) is 4.27. The highest BCUT2D eigenvalue weighted by Gasteiger charge is 2.14. The van der Waals surface area contributed by atoms with Crippen LogP contribution < -0.4 is 5.56 Å². The number of thiophene rings is 1. The summed E-state index contributed by atoms with van der Waals surface area (Å²) in [6, 6.07) is 13.3. The van der Waals surface area contributed by atoms with Crippen LogP contribution in [-0.4, -0.2) is 22.1 Å². The number of nitrogens with zero attached hydrogens (tertiary/aromatic N) is 2. The van der Waals surface area contributed by atoms with Gasteiger partial charge in [0.1, 0.15) is 4.83 Å². The minimum atomic E-state index is -0.347. The maximum atomic E-state index is 13.3. The van der Waals surface area contributed by atoms with Gasteiger partial charge in [-0.05, 0) is 55.2 Å². The van der Waals surface area contributed by atoms with Crippen LogP contribution in [0.15, 0.2) is 59.0 Å². The SMILES string of the molecule is CCOC(=O)c1ccc(Cn2cnc3scc(-c4ccc(C)c(C)c4)c3c2=O)cc1. The molecule has 0 amide bonds. The molecule has 0 saturated carbocycles. The first-order valence-electron chi connectivity index (χ1n) is 9.78. The summed E-state index contributed by atoms with van der Waals surface area (Å²) in [4.78, 5) is 30.3. The normalized spacial score (nSPS) is 11.0. The predicted octanol–water partition coefficient (Wildman–Crippen LogP) is 4.97. The zero-order valence-corrected chi connectivity index (χ0v) is 18.0. The molecule has 0 atom stereocenters. The lowest BCUT2D eigenvalue weighted by atomic mass is 10.0. The molecule has 6 heteroatoms. The number of aromatic nitrogens is 2. The average Bonchev–Trinajstić information content (AvgIpc) is 3.18. The third-order valence-corrected chi connectivity index (χ3v) is 6.08. The molecule has 2 aromatic carbocycles. The molecule has 30 heavy (non-hydrogen) atoms. The van der Waals surface area contributed by atoms with Gasteiger partial charge in [-0.25, -0.2) is 9.78 Å². The lowest BCUT2D eigenvalue weighted by molar-refractivity contribution is 0.0526. The Morgan fingerprint density at radius 1 is 1.10 bits per heavy atom. The highest BCUT2D eigenvalue weighted by molar-refractivity contribution is 7.17. The van der Waals surface area contributed by atoms with Crippen molar-refractivity contribution in [2.75, 3.05) is 6.61 Å². The van der Waals surface area contributed by atoms with E-state index in [1.54, 1.807) is 30.0 Å². The van der Waals surface area contributed by atoms with Gasteiger partial charge in [0.05, 0.1) is 30.4 Å². The Kier molecular flexibility index (Phi) is 5.50. The Morgan fingerprint density at radius 3 is 2.57 bits per heavy atom. The van der Waals surface area contributed by atoms with E-state index in [0.717, 1.165) is 21.5 Å². The second kappa shape index (κ2) is 8.24. The van der Waals surface area contributed by atoms with Gasteiger partial charge in [-0.15, -0.1) is 11.3 Å². The van der Waals surface area contributed by atoms with Crippen molar-refractivity contribution in [3.8, 4) is 11.1 Å². The lowest BCUT2D eigenvalue weighted by Gasteiger charge is -2.08. The maximum Gasteiger partial charge on any atom is 0.338 e. The minimum Gasteiger partial charge on any atom is -0.462 e. The van der Waals surface area contributed by atoms with Crippen LogP contribution in [0.25, 0.3) is 21.3 Å². The van der Waals surface area contributed by atoms with Crippen LogP contribution in [0, 0.1) is 13.8 Å². The molecule has 4 rings (SSSR count). The smallest absolute Gasteiger partial charge is 0.338 e. The molecule has 2 aromatic heterocycles. The topological polar surface area (TPSA) is 61.2 Å². The zero-order valence-electron chi connectivity index (χ0n) is 17.1. The van der Waals surface area contributed by atoms with Gasteiger partial charge in [0, 0.05) is 10.9 Å². The molecular formula is C24H22N2O3S. The predicted molar refractivity (Wildman–Crippen MR) is 120 cm³/mol. The summed E-state index contributed by atoms with van der Waals surface area (Å²) in [6.45, 7) is 6.65. The van der Waals surface area contributed by atoms with Gasteiger partial charge >= 0.3 is 5.97 Å². The van der Waals surface area contributed by atoms with E-state index >= 15 is 0 Å². The first-order valence-corrected chi connectivity index (χ1v) is 10.7. The van der Waals surface area contributed by atoms with E-state index in [2.05, 4.69) is 37.0 Å². The van der Waals surface area contributed by atoms with Crippen LogP contribution >= 0.6 is 11.3 Å². The summed E-state index contributed by atoms with van der Waals surface area (Å²) in [7, 11) is 0. The van der Waals surface area contributed by atoms with Crippen LogP contribution in [0.3, 0.4) is 0 Å². The minimum absolute atomic E-state index is 0.0658. The molecule has 0 bridgehead atoms. The van der Waals surface area contributed by atoms with Crippen molar-refractivity contribution < 1.29 is 9.53 Å². The second-order valence-electron chi connectivity index (χ2n) is 7.22. The average molecular weight is 419 g/mol. The molecule has 0 radical (unpaired) electrons. The van der Waals surface area contributed by atoms with Crippen LogP contribution in [0.1, 0.15) is 34.0 Å². The first-order chi connectivity index (χ1) is 14.5. The third kappa shape index (κ3) is 3.78. The quantitative estimate of drug-likeness (QED) is 0.430. The number of carbonyl (C=O) groups is 1. The van der Waals surface area contributed by atoms with Crippen LogP contribution in [0.5, 0.6) is 0 Å². The Balaban J connectivity index is 1.69. The number of ether oxygens (including phenoxy) is 1. The summed E-state index contributed by atoms with van der Waals surface area (Å²) in [6.07, 6.45) is 1.59. The monoisotopic (exact) mass is 418 g/mol. The van der Waals surface area contributed by atoms with Gasteiger partial charge in [0.25, 0.3) is 5.56 Å². The van der Waals surface area contributed by atoms with Gasteiger partial charge in [-0.3, -0.25) is 9.36 Å². The fourth-order valence-electron chi connectivity index (χ4n) is 3.36. The van der Waals surface area contributed by atoms with E-state index in [0.29, 0.717) is 24.1 Å². The van der Waals surface area contributed by atoms with Crippen molar-refractivity contribution in [2.24, 2.45) is 0 Å². The van der Waals surface area contributed by atoms with Crippen molar-refractivity contribution in [3.05, 3.63) is 86.8 Å². The fraction of sp³-hybridized carbons (Fsp3) is 0.208. The lowest BCUT2D eigenvalue weighted by Crippen LogP contribution is -2.21. The summed E-state index contributed by atoms with van der Waals surface area (Å²) < 4.78 is 6.62. The molecule has 0 aliphatic rings. The Bertz CT molecular complexity index is 1290. The summed E-state index contributed by atoms with van der Waals surface area (Å²) >= 11 is 1.48. The van der Waals surface area contributed by atoms with Crippen LogP contribution in [0.2, 0.25) is 0 Å². The Labute approximate surface area is 178 Å². The number of benzene rings is 2. The number of esters is 1. The standard InChI is InChI=1S/C24H22N2O3S/c1-4-29-24(28)18-9-6-17(7-10-18)12-26-14-25-22-21(23(26)27)20(13-30-22)19-8-5-15(2)16(3)11-19/h5-11,13-14H,4,12H2,1-3H3. The Hall–Kier alpha value is -3.25. The third-order valence-electron chi connectivity index (χ3n) is 5.20. The molecule has 4 aromatic rings. The van der Waals surface area contributed by atoms with E-state index in [1.165, 1.54) is 22.5 Å². The van der Waals surface area contributed by atoms with E-state index < -0.39 is 0 Å². The van der Waals surface area contributed by atoms with Gasteiger partial charge in [0.15, 0.2) is 0 Å². The van der Waals surface area contributed by atoms with Gasteiger partial charge in [-0.2, -0.15) is 0 Å². The number of rotatable bonds is 5. The molecule has 0 fully saturated rings. The molecule has 0 N–H and O–H groups in total. The van der Waals surface area contributed by atoms with Gasteiger partial charge in [0.2, 0.25) is 0 Å². The Morgan fingerprint density at radius 2 is 1.87 bits per heavy atom. The molecule has 0 aliphatic heterocycles. The molecule has 5 nitrogen and oxygen atoms in total. The number of hydrogen-bond acceptors (Lipinski definition) is 5. The summed E-state index contributed by atoms with van der Waals surface area (Å²) in [5, 5.41) is 2.65. The highest BCUT2D eigenvalue weighted by Crippen LogP contribution is 2.31. The van der Waals surface area contributed by atoms with Gasteiger partial charge in [-0.1, -0.05) is 30.3 Å². The highest BCUT2D eigenvalue weighted by atomic mass is 32.1. The van der Waals surface area contributed by atoms with Crippen molar-refractivity contribution in [1.29, 1.82) is 0 Å². The van der Waals surface area contributed by atoms with E-state index in [1.807, 2.05) is 17.5 Å². The number of carbonyl (C=O) groups excluding carboxylic acids is 1.